The van der Waals surface area contributed by atoms with Gasteiger partial charge in [-0.15, -0.1) is 0 Å². The normalized spacial score (nSPS) is 14.4. The molecule has 1 N–H and O–H groups in total. The van der Waals surface area contributed by atoms with Crippen LogP contribution in [0.2, 0.25) is 0 Å². The zero-order valence-corrected chi connectivity index (χ0v) is 12.5. The van der Waals surface area contributed by atoms with E-state index >= 15 is 0 Å². The quantitative estimate of drug-likeness (QED) is 0.873. The van der Waals surface area contributed by atoms with Crippen LogP contribution < -0.4 is 4.90 Å². The molecule has 8 heteroatoms. The first-order valence-electron chi connectivity index (χ1n) is 7.33. The van der Waals surface area contributed by atoms with Crippen LogP contribution in [-0.2, 0) is 19.2 Å². The first-order chi connectivity index (χ1) is 11.4. The van der Waals surface area contributed by atoms with Crippen molar-refractivity contribution in [1.82, 2.24) is 9.97 Å². The highest BCUT2D eigenvalue weighted by molar-refractivity contribution is 5.77. The van der Waals surface area contributed by atoms with Crippen molar-refractivity contribution in [3.05, 3.63) is 46.8 Å². The first kappa shape index (κ1) is 16.4. The van der Waals surface area contributed by atoms with Gasteiger partial charge in [0.05, 0.1) is 12.2 Å². The second kappa shape index (κ2) is 6.20. The van der Waals surface area contributed by atoms with Gasteiger partial charge in [-0.25, -0.2) is 9.97 Å². The summed E-state index contributed by atoms with van der Waals surface area (Å²) >= 11 is 0. The second-order valence-corrected chi connectivity index (χ2v) is 5.45. The number of nitrogens with zero attached hydrogens (tertiary/aromatic N) is 3. The number of rotatable bonds is 3. The lowest BCUT2D eigenvalue weighted by Crippen LogP contribution is -2.27. The smallest absolute Gasteiger partial charge is 0.392 e. The van der Waals surface area contributed by atoms with Crippen LogP contribution in [0.25, 0.3) is 0 Å². The van der Waals surface area contributed by atoms with E-state index in [2.05, 4.69) is 9.97 Å². The summed E-state index contributed by atoms with van der Waals surface area (Å²) in [6.07, 6.45) is -1.62. The molecule has 0 bridgehead atoms. The number of aldehydes is 1. The minimum atomic E-state index is -4.44. The Balaban J connectivity index is 2.01. The highest BCUT2D eigenvalue weighted by Gasteiger charge is 2.31. The van der Waals surface area contributed by atoms with Gasteiger partial charge in [0.15, 0.2) is 6.29 Å². The van der Waals surface area contributed by atoms with Crippen LogP contribution in [-0.4, -0.2) is 27.9 Å². The Morgan fingerprint density at radius 1 is 1.33 bits per heavy atom. The van der Waals surface area contributed by atoms with Gasteiger partial charge in [0.25, 0.3) is 0 Å². The molecule has 126 valence electrons. The van der Waals surface area contributed by atoms with Crippen molar-refractivity contribution in [3.63, 3.8) is 0 Å². The molecule has 3 heterocycles. The SMILES string of the molecule is O=Cc1nc2c(cc1CO)CCCN2c1ccc(C(F)(F)F)cn1. The molecule has 0 amide bonds. The first-order valence-corrected chi connectivity index (χ1v) is 7.33. The zero-order chi connectivity index (χ0) is 17.3. The van der Waals surface area contributed by atoms with Crippen molar-refractivity contribution in [2.24, 2.45) is 0 Å². The molecule has 3 rings (SSSR count). The number of alkyl halides is 3. The Morgan fingerprint density at radius 2 is 2.12 bits per heavy atom. The Kier molecular flexibility index (Phi) is 4.23. The highest BCUT2D eigenvalue weighted by Crippen LogP contribution is 2.34. The lowest BCUT2D eigenvalue weighted by atomic mass is 10.0. The van der Waals surface area contributed by atoms with Crippen LogP contribution in [0.5, 0.6) is 0 Å². The molecule has 0 unspecified atom stereocenters. The van der Waals surface area contributed by atoms with Gasteiger partial charge in [-0.2, -0.15) is 13.2 Å². The summed E-state index contributed by atoms with van der Waals surface area (Å²) in [6.45, 7) is 0.238. The van der Waals surface area contributed by atoms with Gasteiger partial charge in [0, 0.05) is 18.3 Å². The fourth-order valence-electron chi connectivity index (χ4n) is 2.72. The molecule has 0 saturated heterocycles. The molecule has 0 fully saturated rings. The third-order valence-electron chi connectivity index (χ3n) is 3.91. The number of fused-ring (bicyclic) bond motifs is 1. The number of carbonyl (C=O) groups is 1. The van der Waals surface area contributed by atoms with Gasteiger partial charge >= 0.3 is 6.18 Å². The summed E-state index contributed by atoms with van der Waals surface area (Å²) in [7, 11) is 0. The Labute approximate surface area is 135 Å². The lowest BCUT2D eigenvalue weighted by molar-refractivity contribution is -0.137. The summed E-state index contributed by atoms with van der Waals surface area (Å²) in [5.74, 6) is 0.831. The van der Waals surface area contributed by atoms with Crippen molar-refractivity contribution in [3.8, 4) is 0 Å². The molecular weight excluding hydrogens is 323 g/mol. The fraction of sp³-hybridized carbons (Fsp3) is 0.312. The van der Waals surface area contributed by atoms with Gasteiger partial charge in [0.1, 0.15) is 17.3 Å². The van der Waals surface area contributed by atoms with Crippen molar-refractivity contribution in [1.29, 1.82) is 0 Å². The molecule has 0 aliphatic carbocycles. The number of pyridine rings is 2. The summed E-state index contributed by atoms with van der Waals surface area (Å²) < 4.78 is 38.0. The van der Waals surface area contributed by atoms with E-state index < -0.39 is 11.7 Å². The van der Waals surface area contributed by atoms with Crippen molar-refractivity contribution >= 4 is 17.9 Å². The number of aryl methyl sites for hydroxylation is 1. The number of aromatic nitrogens is 2. The lowest BCUT2D eigenvalue weighted by Gasteiger charge is -2.30. The minimum absolute atomic E-state index is 0.120. The van der Waals surface area contributed by atoms with Gasteiger partial charge < -0.3 is 10.0 Å². The largest absolute Gasteiger partial charge is 0.417 e. The van der Waals surface area contributed by atoms with Gasteiger partial charge in [-0.05, 0) is 36.6 Å². The maximum atomic E-state index is 12.7. The molecule has 2 aromatic rings. The molecule has 5 nitrogen and oxygen atoms in total. The molecule has 2 aromatic heterocycles. The van der Waals surface area contributed by atoms with Crippen LogP contribution in [0.3, 0.4) is 0 Å². The molecule has 0 radical (unpaired) electrons. The van der Waals surface area contributed by atoms with Crippen LogP contribution >= 0.6 is 0 Å². The molecule has 0 saturated carbocycles. The van der Waals surface area contributed by atoms with Gasteiger partial charge in [-0.3, -0.25) is 4.79 Å². The number of hydrogen-bond acceptors (Lipinski definition) is 5. The zero-order valence-electron chi connectivity index (χ0n) is 12.5. The molecule has 24 heavy (non-hydrogen) atoms. The Hall–Kier alpha value is -2.48. The van der Waals surface area contributed by atoms with E-state index in [4.69, 9.17) is 0 Å². The van der Waals surface area contributed by atoms with Crippen molar-refractivity contribution in [2.75, 3.05) is 11.4 Å². The Morgan fingerprint density at radius 3 is 2.71 bits per heavy atom. The summed E-state index contributed by atoms with van der Waals surface area (Å²) in [5, 5.41) is 9.31. The minimum Gasteiger partial charge on any atom is -0.392 e. The number of hydrogen-bond donors (Lipinski definition) is 1. The molecule has 1 aliphatic rings. The average Bonchev–Trinajstić information content (AvgIpc) is 2.59. The van der Waals surface area contributed by atoms with Crippen LogP contribution in [0, 0.1) is 0 Å². The molecule has 0 aromatic carbocycles. The molecule has 1 aliphatic heterocycles. The van der Waals surface area contributed by atoms with Crippen LogP contribution in [0.1, 0.15) is 33.6 Å². The van der Waals surface area contributed by atoms with E-state index in [0.29, 0.717) is 36.5 Å². The van der Waals surface area contributed by atoms with Crippen molar-refractivity contribution in [2.45, 2.75) is 25.6 Å². The standard InChI is InChI=1S/C16H14F3N3O2/c17-16(18,19)12-3-4-14(20-7-12)22-5-1-2-10-6-11(8-23)13(9-24)21-15(10)22/h3-4,6-7,9,23H,1-2,5,8H2. The highest BCUT2D eigenvalue weighted by atomic mass is 19.4. The van der Waals surface area contributed by atoms with Crippen LogP contribution in [0.15, 0.2) is 24.4 Å². The second-order valence-electron chi connectivity index (χ2n) is 5.45. The third kappa shape index (κ3) is 2.96. The summed E-state index contributed by atoms with van der Waals surface area (Å²) in [4.78, 5) is 21.0. The summed E-state index contributed by atoms with van der Waals surface area (Å²) in [5.41, 5.74) is 0.569. The third-order valence-corrected chi connectivity index (χ3v) is 3.91. The van der Waals surface area contributed by atoms with E-state index in [1.54, 1.807) is 11.0 Å². The predicted octanol–water partition coefficient (Wildman–Crippen LogP) is 2.88. The maximum Gasteiger partial charge on any atom is 0.417 e. The van der Waals surface area contributed by atoms with Gasteiger partial charge in [-0.1, -0.05) is 0 Å². The predicted molar refractivity (Wildman–Crippen MR) is 80.1 cm³/mol. The van der Waals surface area contributed by atoms with Crippen molar-refractivity contribution < 1.29 is 23.1 Å². The van der Waals surface area contributed by atoms with E-state index in [1.807, 2.05) is 0 Å². The van der Waals surface area contributed by atoms with Crippen LogP contribution in [0.4, 0.5) is 24.8 Å². The average molecular weight is 337 g/mol. The number of carbonyl (C=O) groups excluding carboxylic acids is 1. The maximum absolute atomic E-state index is 12.7. The van der Waals surface area contributed by atoms with E-state index in [9.17, 15) is 23.1 Å². The number of aliphatic hydroxyl groups excluding tert-OH is 1. The van der Waals surface area contributed by atoms with E-state index in [-0.39, 0.29) is 12.3 Å². The monoisotopic (exact) mass is 337 g/mol. The van der Waals surface area contributed by atoms with E-state index in [1.165, 1.54) is 6.07 Å². The summed E-state index contributed by atoms with van der Waals surface area (Å²) in [6, 6.07) is 3.97. The number of aliphatic hydroxyl groups is 1. The molecule has 0 atom stereocenters. The molecule has 0 spiro atoms. The van der Waals surface area contributed by atoms with E-state index in [0.717, 1.165) is 24.2 Å². The number of halogens is 3. The fourth-order valence-corrected chi connectivity index (χ4v) is 2.72. The topological polar surface area (TPSA) is 66.3 Å². The molecular formula is C16H14F3N3O2. The number of anilines is 2. The Bertz CT molecular complexity index is 760. The van der Waals surface area contributed by atoms with Gasteiger partial charge in [0.2, 0.25) is 0 Å².